The molecule has 2 N–H and O–H groups in total. The molecule has 0 amide bonds. The molecule has 0 radical (unpaired) electrons. The number of aromatic carboxylic acids is 1. The van der Waals surface area contributed by atoms with Gasteiger partial charge in [0.1, 0.15) is 23.2 Å². The highest BCUT2D eigenvalue weighted by atomic mass is 16.4. The van der Waals surface area contributed by atoms with E-state index in [4.69, 9.17) is 9.52 Å². The Balaban J connectivity index is 1.98. The zero-order chi connectivity index (χ0) is 13.2. The van der Waals surface area contributed by atoms with E-state index < -0.39 is 5.97 Å². The van der Waals surface area contributed by atoms with Gasteiger partial charge in [-0.3, -0.25) is 0 Å². The van der Waals surface area contributed by atoms with Crippen LogP contribution in [0.4, 0.5) is 11.5 Å². The van der Waals surface area contributed by atoms with Crippen molar-refractivity contribution in [1.82, 2.24) is 15.0 Å². The van der Waals surface area contributed by atoms with Crippen molar-refractivity contribution in [3.05, 3.63) is 42.7 Å². The molecule has 19 heavy (non-hydrogen) atoms. The number of nitrogens with one attached hydrogen (secondary N) is 1. The van der Waals surface area contributed by atoms with Crippen LogP contribution in [0.5, 0.6) is 0 Å². The molecule has 7 nitrogen and oxygen atoms in total. The van der Waals surface area contributed by atoms with Gasteiger partial charge in [0.15, 0.2) is 12.0 Å². The van der Waals surface area contributed by atoms with Crippen molar-refractivity contribution < 1.29 is 14.3 Å². The summed E-state index contributed by atoms with van der Waals surface area (Å²) >= 11 is 0. The number of aromatic nitrogens is 3. The Morgan fingerprint density at radius 2 is 2.21 bits per heavy atom. The van der Waals surface area contributed by atoms with E-state index in [9.17, 15) is 4.79 Å². The molecule has 0 unspecified atom stereocenters. The highest BCUT2D eigenvalue weighted by Crippen LogP contribution is 2.22. The lowest BCUT2D eigenvalue weighted by molar-refractivity contribution is 0.0697. The number of carboxylic acids is 1. The fourth-order valence-corrected chi connectivity index (χ4v) is 1.66. The highest BCUT2D eigenvalue weighted by Gasteiger charge is 2.11. The van der Waals surface area contributed by atoms with E-state index in [1.807, 2.05) is 0 Å². The minimum absolute atomic E-state index is 0.000154. The Bertz CT molecular complexity index is 753. The smallest absolute Gasteiger partial charge is 0.341 e. The molecular formula is C12H8N4O3. The van der Waals surface area contributed by atoms with Crippen LogP contribution in [0.3, 0.4) is 0 Å². The molecule has 3 rings (SSSR count). The highest BCUT2D eigenvalue weighted by molar-refractivity contribution is 5.93. The van der Waals surface area contributed by atoms with Gasteiger partial charge in [-0.1, -0.05) is 0 Å². The standard InChI is InChI=1S/C12H8N4O3/c17-12(18)8-4-13-5-14-11(8)16-7-1-2-9-10(3-7)19-6-15-9/h1-6H,(H,17,18)(H,13,14,16). The molecule has 94 valence electrons. The van der Waals surface area contributed by atoms with Crippen LogP contribution >= 0.6 is 0 Å². The van der Waals surface area contributed by atoms with E-state index in [1.54, 1.807) is 18.2 Å². The lowest BCUT2D eigenvalue weighted by Crippen LogP contribution is -2.05. The van der Waals surface area contributed by atoms with E-state index in [0.717, 1.165) is 5.52 Å². The van der Waals surface area contributed by atoms with Crippen LogP contribution in [0.25, 0.3) is 11.1 Å². The number of fused-ring (bicyclic) bond motifs is 1. The molecule has 2 heterocycles. The quantitative estimate of drug-likeness (QED) is 0.739. The van der Waals surface area contributed by atoms with Crippen molar-refractivity contribution in [2.75, 3.05) is 5.32 Å². The van der Waals surface area contributed by atoms with Gasteiger partial charge in [-0.25, -0.2) is 19.7 Å². The maximum Gasteiger partial charge on any atom is 0.341 e. The topological polar surface area (TPSA) is 101 Å². The average Bonchev–Trinajstić information content (AvgIpc) is 2.86. The lowest BCUT2D eigenvalue weighted by atomic mass is 10.2. The van der Waals surface area contributed by atoms with Crippen LogP contribution in [-0.2, 0) is 0 Å². The molecule has 0 aliphatic rings. The van der Waals surface area contributed by atoms with E-state index in [2.05, 4.69) is 20.3 Å². The van der Waals surface area contributed by atoms with E-state index in [1.165, 1.54) is 18.9 Å². The third-order valence-corrected chi connectivity index (χ3v) is 2.54. The number of anilines is 2. The van der Waals surface area contributed by atoms with Gasteiger partial charge >= 0.3 is 5.97 Å². The maximum absolute atomic E-state index is 11.0. The van der Waals surface area contributed by atoms with Crippen molar-refractivity contribution in [3.8, 4) is 0 Å². The number of nitrogens with zero attached hydrogens (tertiary/aromatic N) is 3. The fourth-order valence-electron chi connectivity index (χ4n) is 1.66. The molecule has 0 aliphatic heterocycles. The van der Waals surface area contributed by atoms with Crippen LogP contribution in [0, 0.1) is 0 Å². The first-order chi connectivity index (χ1) is 9.24. The molecule has 1 aromatic carbocycles. The first-order valence-electron chi connectivity index (χ1n) is 5.37. The number of rotatable bonds is 3. The number of oxazole rings is 1. The summed E-state index contributed by atoms with van der Waals surface area (Å²) in [6.07, 6.45) is 3.87. The molecule has 0 spiro atoms. The molecule has 0 saturated heterocycles. The monoisotopic (exact) mass is 256 g/mol. The molecule has 0 fully saturated rings. The van der Waals surface area contributed by atoms with Crippen molar-refractivity contribution in [2.45, 2.75) is 0 Å². The maximum atomic E-state index is 11.0. The molecule has 0 aliphatic carbocycles. The molecule has 7 heteroatoms. The minimum Gasteiger partial charge on any atom is -0.477 e. The van der Waals surface area contributed by atoms with Gasteiger partial charge in [0.25, 0.3) is 0 Å². The molecule has 0 atom stereocenters. The molecule has 3 aromatic rings. The summed E-state index contributed by atoms with van der Waals surface area (Å²) in [5.41, 5.74) is 1.99. The largest absolute Gasteiger partial charge is 0.477 e. The third kappa shape index (κ3) is 2.08. The van der Waals surface area contributed by atoms with E-state index >= 15 is 0 Å². The van der Waals surface area contributed by atoms with Crippen LogP contribution in [0.2, 0.25) is 0 Å². The van der Waals surface area contributed by atoms with Crippen LogP contribution in [-0.4, -0.2) is 26.0 Å². The predicted octanol–water partition coefficient (Wildman–Crippen LogP) is 2.06. The number of carboxylic acid groups (broad SMARTS) is 1. The zero-order valence-electron chi connectivity index (χ0n) is 9.57. The van der Waals surface area contributed by atoms with Gasteiger partial charge in [0, 0.05) is 18.0 Å². The first kappa shape index (κ1) is 11.1. The Hall–Kier alpha value is -2.96. The van der Waals surface area contributed by atoms with Crippen LogP contribution in [0.1, 0.15) is 10.4 Å². The Morgan fingerprint density at radius 3 is 3.05 bits per heavy atom. The first-order valence-corrected chi connectivity index (χ1v) is 5.37. The number of hydrogen-bond acceptors (Lipinski definition) is 6. The Morgan fingerprint density at radius 1 is 1.32 bits per heavy atom. The number of benzene rings is 1. The molecular weight excluding hydrogens is 248 g/mol. The Labute approximate surface area is 106 Å². The summed E-state index contributed by atoms with van der Waals surface area (Å²) in [4.78, 5) is 22.6. The van der Waals surface area contributed by atoms with Crippen molar-refractivity contribution >= 4 is 28.6 Å². The van der Waals surface area contributed by atoms with Gasteiger partial charge in [-0.2, -0.15) is 0 Å². The van der Waals surface area contributed by atoms with Crippen molar-refractivity contribution in [3.63, 3.8) is 0 Å². The summed E-state index contributed by atoms with van der Waals surface area (Å²) in [6, 6.07) is 5.25. The second-order valence-corrected chi connectivity index (χ2v) is 3.75. The van der Waals surface area contributed by atoms with Gasteiger partial charge < -0.3 is 14.8 Å². The normalized spacial score (nSPS) is 10.5. The van der Waals surface area contributed by atoms with Crippen LogP contribution in [0.15, 0.2) is 41.5 Å². The second kappa shape index (κ2) is 4.37. The second-order valence-electron chi connectivity index (χ2n) is 3.75. The zero-order valence-corrected chi connectivity index (χ0v) is 9.57. The van der Waals surface area contributed by atoms with Gasteiger partial charge in [-0.05, 0) is 12.1 Å². The summed E-state index contributed by atoms with van der Waals surface area (Å²) < 4.78 is 5.17. The van der Waals surface area contributed by atoms with Crippen molar-refractivity contribution in [1.29, 1.82) is 0 Å². The van der Waals surface area contributed by atoms with Crippen LogP contribution < -0.4 is 5.32 Å². The fraction of sp³-hybridized carbons (Fsp3) is 0. The number of carbonyl (C=O) groups is 1. The van der Waals surface area contributed by atoms with Gasteiger partial charge in [0.2, 0.25) is 0 Å². The van der Waals surface area contributed by atoms with E-state index in [0.29, 0.717) is 11.3 Å². The predicted molar refractivity (Wildman–Crippen MR) is 66.3 cm³/mol. The molecule has 0 saturated carbocycles. The average molecular weight is 256 g/mol. The summed E-state index contributed by atoms with van der Waals surface area (Å²) in [5.74, 6) is -0.870. The SMILES string of the molecule is O=C(O)c1cncnc1Nc1ccc2ncoc2c1. The third-order valence-electron chi connectivity index (χ3n) is 2.54. The Kier molecular flexibility index (Phi) is 2.57. The number of hydrogen-bond donors (Lipinski definition) is 2. The van der Waals surface area contributed by atoms with E-state index in [-0.39, 0.29) is 11.4 Å². The summed E-state index contributed by atoms with van der Waals surface area (Å²) in [6.45, 7) is 0. The molecule has 0 bridgehead atoms. The van der Waals surface area contributed by atoms with Gasteiger partial charge in [-0.15, -0.1) is 0 Å². The summed E-state index contributed by atoms with van der Waals surface area (Å²) in [5, 5.41) is 11.9. The lowest BCUT2D eigenvalue weighted by Gasteiger charge is -2.07. The van der Waals surface area contributed by atoms with Gasteiger partial charge in [0.05, 0.1) is 0 Å². The van der Waals surface area contributed by atoms with Crippen molar-refractivity contribution in [2.24, 2.45) is 0 Å². The minimum atomic E-state index is -1.09. The summed E-state index contributed by atoms with van der Waals surface area (Å²) in [7, 11) is 0. The molecule has 2 aromatic heterocycles.